The molecule has 8 heteroatoms. The van der Waals surface area contributed by atoms with Crippen LogP contribution in [0.3, 0.4) is 0 Å². The van der Waals surface area contributed by atoms with Gasteiger partial charge >= 0.3 is 12.1 Å². The van der Waals surface area contributed by atoms with E-state index in [1.807, 2.05) is 0 Å². The van der Waals surface area contributed by atoms with Crippen molar-refractivity contribution in [3.63, 3.8) is 0 Å². The monoisotopic (exact) mass is 299 g/mol. The van der Waals surface area contributed by atoms with Gasteiger partial charge in [-0.05, 0) is 20.8 Å². The van der Waals surface area contributed by atoms with Crippen LogP contribution in [0.2, 0.25) is 0 Å². The zero-order valence-electron chi connectivity index (χ0n) is 12.9. The molecule has 0 radical (unpaired) electrons. The maximum absolute atomic E-state index is 11.8. The van der Waals surface area contributed by atoms with E-state index in [0.717, 1.165) is 0 Å². The highest BCUT2D eigenvalue weighted by Gasteiger charge is 2.26. The van der Waals surface area contributed by atoms with Crippen molar-refractivity contribution in [3.05, 3.63) is 22.1 Å². The largest absolute Gasteiger partial charge is 0.467 e. The number of alkyl carbamates (subject to hydrolysis) is 1. The zero-order valence-corrected chi connectivity index (χ0v) is 12.9. The van der Waals surface area contributed by atoms with E-state index in [4.69, 9.17) is 4.74 Å². The Labute approximate surface area is 122 Å². The number of nitrogens with zero attached hydrogens (tertiary/aromatic N) is 1. The molecule has 2 N–H and O–H groups in total. The van der Waals surface area contributed by atoms with E-state index in [1.165, 1.54) is 18.0 Å². The number of H-pyrrole nitrogens is 1. The quantitative estimate of drug-likeness (QED) is 0.780. The van der Waals surface area contributed by atoms with Gasteiger partial charge in [-0.3, -0.25) is 9.48 Å². The molecule has 1 aromatic heterocycles. The van der Waals surface area contributed by atoms with Crippen LogP contribution >= 0.6 is 0 Å². The maximum Gasteiger partial charge on any atom is 0.408 e. The molecule has 1 rings (SSSR count). The number of aromatic nitrogens is 2. The summed E-state index contributed by atoms with van der Waals surface area (Å²) in [6, 6.07) is -0.992. The van der Waals surface area contributed by atoms with Crippen LogP contribution in [0, 0.1) is 0 Å². The van der Waals surface area contributed by atoms with E-state index in [9.17, 15) is 14.4 Å². The van der Waals surface area contributed by atoms with Gasteiger partial charge in [0.2, 0.25) is 0 Å². The van der Waals surface area contributed by atoms with Gasteiger partial charge in [-0.25, -0.2) is 9.59 Å². The summed E-state index contributed by atoms with van der Waals surface area (Å²) in [4.78, 5) is 35.2. The molecule has 0 aliphatic carbocycles. The van der Waals surface area contributed by atoms with Gasteiger partial charge in [0.05, 0.1) is 7.11 Å². The maximum atomic E-state index is 11.8. The van der Waals surface area contributed by atoms with E-state index < -0.39 is 23.7 Å². The van der Waals surface area contributed by atoms with Crippen molar-refractivity contribution < 1.29 is 19.1 Å². The summed E-state index contributed by atoms with van der Waals surface area (Å²) in [5, 5.41) is 5.11. The summed E-state index contributed by atoms with van der Waals surface area (Å²) < 4.78 is 11.0. The first-order valence-corrected chi connectivity index (χ1v) is 6.44. The lowest BCUT2D eigenvalue weighted by Gasteiger charge is -2.22. The van der Waals surface area contributed by atoms with Crippen LogP contribution in [0.25, 0.3) is 0 Å². The zero-order chi connectivity index (χ0) is 16.2. The highest BCUT2D eigenvalue weighted by Crippen LogP contribution is 2.08. The summed E-state index contributed by atoms with van der Waals surface area (Å²) in [7, 11) is 2.77. The van der Waals surface area contributed by atoms with E-state index in [0.29, 0.717) is 5.56 Å². The minimum absolute atomic E-state index is 0.0160. The molecule has 0 aliphatic heterocycles. The van der Waals surface area contributed by atoms with Crippen molar-refractivity contribution in [1.82, 2.24) is 15.1 Å². The smallest absolute Gasteiger partial charge is 0.408 e. The van der Waals surface area contributed by atoms with Crippen molar-refractivity contribution in [1.29, 1.82) is 0 Å². The van der Waals surface area contributed by atoms with Crippen molar-refractivity contribution in [2.45, 2.75) is 38.8 Å². The third kappa shape index (κ3) is 4.97. The van der Waals surface area contributed by atoms with E-state index in [-0.39, 0.29) is 12.0 Å². The number of hydrogen-bond acceptors (Lipinski definition) is 5. The fourth-order valence-corrected chi connectivity index (χ4v) is 1.66. The van der Waals surface area contributed by atoms with Crippen molar-refractivity contribution >= 4 is 12.1 Å². The molecule has 1 aromatic rings. The number of nitrogens with one attached hydrogen (secondary N) is 2. The predicted octanol–water partition coefficient (Wildman–Crippen LogP) is 0.322. The van der Waals surface area contributed by atoms with Gasteiger partial charge in [-0.2, -0.15) is 0 Å². The Bertz CT molecular complexity index is 567. The number of carbonyl (C=O) groups is 2. The van der Waals surface area contributed by atoms with Crippen LogP contribution in [-0.4, -0.2) is 40.6 Å². The standard InChI is InChI=1S/C13H21N3O5/c1-13(2,3)21-12(19)15-9(11(18)20-5)6-8-7-14-16(4)10(8)17/h7,9,14H,6H2,1-5H3,(H,15,19)/t9-/m0/s1. The number of ether oxygens (including phenoxy) is 2. The Balaban J connectivity index is 2.82. The third-order valence-electron chi connectivity index (χ3n) is 2.61. The molecule has 8 nitrogen and oxygen atoms in total. The molecular formula is C13H21N3O5. The minimum atomic E-state index is -0.992. The normalized spacial score (nSPS) is 12.6. The predicted molar refractivity (Wildman–Crippen MR) is 74.9 cm³/mol. The van der Waals surface area contributed by atoms with Crippen LogP contribution in [0.1, 0.15) is 26.3 Å². The van der Waals surface area contributed by atoms with Gasteiger partial charge in [0.15, 0.2) is 0 Å². The molecule has 0 saturated heterocycles. The summed E-state index contributed by atoms with van der Waals surface area (Å²) >= 11 is 0. The number of carbonyl (C=O) groups excluding carboxylic acids is 2. The topological polar surface area (TPSA) is 102 Å². The fraction of sp³-hybridized carbons (Fsp3) is 0.615. The second kappa shape index (κ2) is 6.47. The number of aryl methyl sites for hydroxylation is 1. The van der Waals surface area contributed by atoms with Crippen LogP contribution in [-0.2, 0) is 27.7 Å². The highest BCUT2D eigenvalue weighted by atomic mass is 16.6. The van der Waals surface area contributed by atoms with Gasteiger partial charge in [0, 0.05) is 25.2 Å². The van der Waals surface area contributed by atoms with Gasteiger partial charge in [0.1, 0.15) is 11.6 Å². The lowest BCUT2D eigenvalue weighted by Crippen LogP contribution is -2.45. The van der Waals surface area contributed by atoms with Crippen molar-refractivity contribution in [2.24, 2.45) is 7.05 Å². The summed E-state index contributed by atoms with van der Waals surface area (Å²) in [6.45, 7) is 5.13. The Kier molecular flexibility index (Phi) is 5.17. The van der Waals surface area contributed by atoms with Gasteiger partial charge in [-0.1, -0.05) is 0 Å². The highest BCUT2D eigenvalue weighted by molar-refractivity contribution is 5.81. The molecular weight excluding hydrogens is 278 g/mol. The van der Waals surface area contributed by atoms with Crippen molar-refractivity contribution in [2.75, 3.05) is 7.11 Å². The molecule has 21 heavy (non-hydrogen) atoms. The number of rotatable bonds is 4. The van der Waals surface area contributed by atoms with Gasteiger partial charge in [-0.15, -0.1) is 0 Å². The third-order valence-corrected chi connectivity index (χ3v) is 2.61. The molecule has 1 heterocycles. The second-order valence-corrected chi connectivity index (χ2v) is 5.59. The Hall–Kier alpha value is -2.25. The van der Waals surface area contributed by atoms with Crippen LogP contribution in [0.15, 0.2) is 11.0 Å². The van der Waals surface area contributed by atoms with E-state index in [1.54, 1.807) is 27.8 Å². The molecule has 0 aliphatic rings. The van der Waals surface area contributed by atoms with E-state index in [2.05, 4.69) is 15.2 Å². The SMILES string of the molecule is COC(=O)[C@H](Cc1c[nH]n(C)c1=O)NC(=O)OC(C)(C)C. The first-order chi connectivity index (χ1) is 9.64. The number of amides is 1. The van der Waals surface area contributed by atoms with Crippen molar-refractivity contribution in [3.8, 4) is 0 Å². The Morgan fingerprint density at radius 1 is 1.43 bits per heavy atom. The van der Waals surface area contributed by atoms with E-state index >= 15 is 0 Å². The number of hydrogen-bond donors (Lipinski definition) is 2. The molecule has 0 bridgehead atoms. The van der Waals surface area contributed by atoms with Crippen LogP contribution in [0.5, 0.6) is 0 Å². The van der Waals surface area contributed by atoms with Gasteiger partial charge in [0.25, 0.3) is 5.56 Å². The second-order valence-electron chi connectivity index (χ2n) is 5.59. The molecule has 0 aromatic carbocycles. The fourth-order valence-electron chi connectivity index (χ4n) is 1.66. The molecule has 0 unspecified atom stereocenters. The Morgan fingerprint density at radius 2 is 2.05 bits per heavy atom. The Morgan fingerprint density at radius 3 is 2.48 bits per heavy atom. The summed E-state index contributed by atoms with van der Waals surface area (Å²) in [5.74, 6) is -0.649. The summed E-state index contributed by atoms with van der Waals surface area (Å²) in [5.41, 5.74) is -0.589. The molecule has 1 atom stereocenters. The number of methoxy groups -OCH3 is 1. The average Bonchev–Trinajstić information content (AvgIpc) is 2.66. The lowest BCUT2D eigenvalue weighted by atomic mass is 10.1. The lowest BCUT2D eigenvalue weighted by molar-refractivity contribution is -0.143. The first-order valence-electron chi connectivity index (χ1n) is 6.44. The molecule has 0 fully saturated rings. The summed E-state index contributed by atoms with van der Waals surface area (Å²) in [6.07, 6.45) is 0.752. The van der Waals surface area contributed by atoms with Crippen LogP contribution in [0.4, 0.5) is 4.79 Å². The average molecular weight is 299 g/mol. The van der Waals surface area contributed by atoms with Crippen LogP contribution < -0.4 is 10.9 Å². The molecule has 118 valence electrons. The molecule has 1 amide bonds. The molecule has 0 spiro atoms. The minimum Gasteiger partial charge on any atom is -0.467 e. The van der Waals surface area contributed by atoms with Gasteiger partial charge < -0.3 is 19.9 Å². The molecule has 0 saturated carbocycles. The number of aromatic amines is 1. The first kappa shape index (κ1) is 16.8. The number of esters is 1.